The van der Waals surface area contributed by atoms with Gasteiger partial charge in [0.2, 0.25) is 0 Å². The van der Waals surface area contributed by atoms with Crippen LogP contribution in [0.15, 0.2) is 235 Å². The maximum absolute atomic E-state index is 6.13. The van der Waals surface area contributed by atoms with Crippen molar-refractivity contribution in [3.63, 3.8) is 0 Å². The second-order valence-electron chi connectivity index (χ2n) is 15.7. The standard InChI is InChI=1S/C58H38N2O/c1-2-13-45(14-3-1)60-55-19-8-6-16-51(55)53-37-43(27-35-56(53)60)39-21-29-46(30-22-39)59(48-33-25-42(26-34-48)50-18-10-12-41-11-4-5-15-49(41)50)47-31-23-40(24-32-47)44-28-36-58-54(38-44)52-17-7-9-20-57(52)61-58/h1-38H. The lowest BCUT2D eigenvalue weighted by atomic mass is 9.98. The molecule has 0 unspecified atom stereocenters. The summed E-state index contributed by atoms with van der Waals surface area (Å²) in [6.45, 7) is 0. The van der Waals surface area contributed by atoms with Crippen LogP contribution in [-0.2, 0) is 0 Å². The minimum Gasteiger partial charge on any atom is -0.456 e. The molecule has 10 aromatic carbocycles. The monoisotopic (exact) mass is 778 g/mol. The highest BCUT2D eigenvalue weighted by Crippen LogP contribution is 2.41. The van der Waals surface area contributed by atoms with Gasteiger partial charge in [0.25, 0.3) is 0 Å². The molecule has 0 saturated heterocycles. The second-order valence-corrected chi connectivity index (χ2v) is 15.7. The van der Waals surface area contributed by atoms with Crippen molar-refractivity contribution in [3.05, 3.63) is 231 Å². The number of para-hydroxylation sites is 3. The highest BCUT2D eigenvalue weighted by Gasteiger charge is 2.17. The molecule has 12 aromatic rings. The van der Waals surface area contributed by atoms with Gasteiger partial charge in [0.1, 0.15) is 11.2 Å². The summed E-state index contributed by atoms with van der Waals surface area (Å²) in [6, 6.07) is 83.0. The topological polar surface area (TPSA) is 21.3 Å². The van der Waals surface area contributed by atoms with Gasteiger partial charge in [-0.15, -0.1) is 0 Å². The van der Waals surface area contributed by atoms with Crippen LogP contribution in [0.4, 0.5) is 17.1 Å². The number of aromatic nitrogens is 1. The molecule has 3 heteroatoms. The van der Waals surface area contributed by atoms with Crippen LogP contribution in [0.5, 0.6) is 0 Å². The van der Waals surface area contributed by atoms with Gasteiger partial charge < -0.3 is 13.9 Å². The van der Waals surface area contributed by atoms with Crippen molar-refractivity contribution in [3.8, 4) is 39.1 Å². The van der Waals surface area contributed by atoms with Crippen molar-refractivity contribution in [2.45, 2.75) is 0 Å². The normalized spacial score (nSPS) is 11.6. The van der Waals surface area contributed by atoms with E-state index < -0.39 is 0 Å². The van der Waals surface area contributed by atoms with Crippen molar-refractivity contribution >= 4 is 71.6 Å². The fraction of sp³-hybridized carbons (Fsp3) is 0. The first-order valence-corrected chi connectivity index (χ1v) is 20.8. The molecule has 0 bridgehead atoms. The molecule has 3 nitrogen and oxygen atoms in total. The SMILES string of the molecule is c1ccc(-n2c3ccccc3c3cc(-c4ccc(N(c5ccc(-c6ccc7oc8ccccc8c7c6)cc5)c5ccc(-c6cccc7ccccc67)cc5)cc4)ccc32)cc1. The molecular weight excluding hydrogens is 741 g/mol. The molecule has 0 radical (unpaired) electrons. The summed E-state index contributed by atoms with van der Waals surface area (Å²) in [7, 11) is 0. The first-order valence-electron chi connectivity index (χ1n) is 20.8. The maximum Gasteiger partial charge on any atom is 0.135 e. The summed E-state index contributed by atoms with van der Waals surface area (Å²) in [5.74, 6) is 0. The molecule has 0 aliphatic rings. The fourth-order valence-electron chi connectivity index (χ4n) is 9.23. The van der Waals surface area contributed by atoms with Crippen LogP contribution < -0.4 is 4.90 Å². The Morgan fingerprint density at radius 1 is 0.311 bits per heavy atom. The van der Waals surface area contributed by atoms with Gasteiger partial charge in [-0.25, -0.2) is 0 Å². The zero-order chi connectivity index (χ0) is 40.3. The summed E-state index contributed by atoms with van der Waals surface area (Å²) in [6.07, 6.45) is 0. The number of furan rings is 1. The van der Waals surface area contributed by atoms with E-state index in [-0.39, 0.29) is 0 Å². The Hall–Kier alpha value is -8.14. The molecule has 0 amide bonds. The van der Waals surface area contributed by atoms with E-state index in [0.717, 1.165) is 55.8 Å². The molecule has 0 N–H and O–H groups in total. The number of nitrogens with zero attached hydrogens (tertiary/aromatic N) is 2. The van der Waals surface area contributed by atoms with Gasteiger partial charge >= 0.3 is 0 Å². The average Bonchev–Trinajstić information content (AvgIpc) is 3.87. The van der Waals surface area contributed by atoms with Crippen LogP contribution in [0, 0.1) is 0 Å². The lowest BCUT2D eigenvalue weighted by Crippen LogP contribution is -2.09. The molecular formula is C58H38N2O. The average molecular weight is 779 g/mol. The number of hydrogen-bond acceptors (Lipinski definition) is 2. The number of fused-ring (bicyclic) bond motifs is 7. The number of benzene rings is 10. The van der Waals surface area contributed by atoms with Crippen LogP contribution in [0.2, 0.25) is 0 Å². The van der Waals surface area contributed by atoms with Gasteiger partial charge in [-0.3, -0.25) is 0 Å². The van der Waals surface area contributed by atoms with Gasteiger partial charge in [0, 0.05) is 44.3 Å². The Labute approximate surface area is 353 Å². The van der Waals surface area contributed by atoms with Gasteiger partial charge in [-0.2, -0.15) is 0 Å². The van der Waals surface area contributed by atoms with Crippen molar-refractivity contribution in [2.24, 2.45) is 0 Å². The number of hydrogen-bond donors (Lipinski definition) is 0. The van der Waals surface area contributed by atoms with Crippen LogP contribution >= 0.6 is 0 Å². The third-order valence-electron chi connectivity index (χ3n) is 12.2. The van der Waals surface area contributed by atoms with Gasteiger partial charge in [-0.1, -0.05) is 146 Å². The van der Waals surface area contributed by atoms with E-state index in [2.05, 4.69) is 228 Å². The molecule has 2 heterocycles. The zero-order valence-corrected chi connectivity index (χ0v) is 33.2. The molecule has 0 aliphatic heterocycles. The van der Waals surface area contributed by atoms with Crippen LogP contribution in [0.25, 0.3) is 93.6 Å². The predicted molar refractivity (Wildman–Crippen MR) is 257 cm³/mol. The van der Waals surface area contributed by atoms with Crippen molar-refractivity contribution in [1.29, 1.82) is 0 Å². The maximum atomic E-state index is 6.13. The Bertz CT molecular complexity index is 3560. The summed E-state index contributed by atoms with van der Waals surface area (Å²) in [4.78, 5) is 2.35. The van der Waals surface area contributed by atoms with Crippen molar-refractivity contribution in [1.82, 2.24) is 4.57 Å². The van der Waals surface area contributed by atoms with E-state index in [9.17, 15) is 0 Å². The fourth-order valence-corrected chi connectivity index (χ4v) is 9.23. The Balaban J connectivity index is 0.931. The van der Waals surface area contributed by atoms with E-state index in [1.807, 2.05) is 12.1 Å². The Kier molecular flexibility index (Phi) is 8.17. The largest absolute Gasteiger partial charge is 0.456 e. The van der Waals surface area contributed by atoms with E-state index in [4.69, 9.17) is 4.42 Å². The number of rotatable bonds is 7. The summed E-state index contributed by atoms with van der Waals surface area (Å²) >= 11 is 0. The third-order valence-corrected chi connectivity index (χ3v) is 12.2. The summed E-state index contributed by atoms with van der Waals surface area (Å²) in [5.41, 5.74) is 15.7. The first-order chi connectivity index (χ1) is 30.2. The number of anilines is 3. The summed E-state index contributed by atoms with van der Waals surface area (Å²) in [5, 5.41) is 7.26. The van der Waals surface area contributed by atoms with Gasteiger partial charge in [0.05, 0.1) is 11.0 Å². The van der Waals surface area contributed by atoms with Crippen LogP contribution in [0.3, 0.4) is 0 Å². The van der Waals surface area contributed by atoms with Crippen molar-refractivity contribution in [2.75, 3.05) is 4.90 Å². The highest BCUT2D eigenvalue weighted by atomic mass is 16.3. The lowest BCUT2D eigenvalue weighted by Gasteiger charge is -2.26. The minimum absolute atomic E-state index is 0.905. The molecule has 286 valence electrons. The Morgan fingerprint density at radius 2 is 0.820 bits per heavy atom. The molecule has 0 saturated carbocycles. The van der Waals surface area contributed by atoms with Crippen LogP contribution in [-0.4, -0.2) is 4.57 Å². The van der Waals surface area contributed by atoms with Gasteiger partial charge in [0.15, 0.2) is 0 Å². The molecule has 0 spiro atoms. The van der Waals surface area contributed by atoms with Gasteiger partial charge in [-0.05, 0) is 129 Å². The van der Waals surface area contributed by atoms with E-state index in [0.29, 0.717) is 0 Å². The predicted octanol–water partition coefficient (Wildman–Crippen LogP) is 16.3. The molecule has 12 rings (SSSR count). The van der Waals surface area contributed by atoms with E-state index >= 15 is 0 Å². The quantitative estimate of drug-likeness (QED) is 0.161. The highest BCUT2D eigenvalue weighted by molar-refractivity contribution is 6.10. The molecule has 0 aliphatic carbocycles. The molecule has 0 fully saturated rings. The van der Waals surface area contributed by atoms with E-state index in [1.54, 1.807) is 0 Å². The van der Waals surface area contributed by atoms with E-state index in [1.165, 1.54) is 54.8 Å². The smallest absolute Gasteiger partial charge is 0.135 e. The van der Waals surface area contributed by atoms with Crippen molar-refractivity contribution < 1.29 is 4.42 Å². The molecule has 2 aromatic heterocycles. The third kappa shape index (κ3) is 5.98. The zero-order valence-electron chi connectivity index (χ0n) is 33.2. The first kappa shape index (κ1) is 34.9. The van der Waals surface area contributed by atoms with Crippen LogP contribution in [0.1, 0.15) is 0 Å². The molecule has 0 atom stereocenters. The molecule has 61 heavy (non-hydrogen) atoms. The Morgan fingerprint density at radius 3 is 1.54 bits per heavy atom. The minimum atomic E-state index is 0.905. The summed E-state index contributed by atoms with van der Waals surface area (Å²) < 4.78 is 8.50. The second kappa shape index (κ2) is 14.3. The lowest BCUT2D eigenvalue weighted by molar-refractivity contribution is 0.669.